The van der Waals surface area contributed by atoms with Crippen LogP contribution in [0.25, 0.3) is 0 Å². The topological polar surface area (TPSA) is 6.02 Å². The summed E-state index contributed by atoms with van der Waals surface area (Å²) in [5, 5.41) is 5.15. The minimum atomic E-state index is 0.887. The number of rotatable bonds is 5. The molecule has 2 atom stereocenters. The molecule has 0 amide bonds. The summed E-state index contributed by atoms with van der Waals surface area (Å²) in [7, 11) is 6.84. The molecule has 1 heterocycles. The van der Waals surface area contributed by atoms with Crippen molar-refractivity contribution in [1.82, 2.24) is 10.0 Å². The standard InChI is InChI=1S/C13H28N3/c1-16(2,3)11-7-10-14-12-15(14)13-8-5-4-6-9-13/h13H,4-12H2,1-3H3/q+1. The smallest absolute Gasteiger partial charge is 0.0793 e. The fourth-order valence-electron chi connectivity index (χ4n) is 2.79. The summed E-state index contributed by atoms with van der Waals surface area (Å²) in [5.41, 5.74) is 0. The highest BCUT2D eigenvalue weighted by Crippen LogP contribution is 2.30. The second kappa shape index (κ2) is 5.03. The van der Waals surface area contributed by atoms with Crippen LogP contribution >= 0.6 is 0 Å². The van der Waals surface area contributed by atoms with Gasteiger partial charge in [0.05, 0.1) is 34.4 Å². The van der Waals surface area contributed by atoms with Crippen molar-refractivity contribution in [3.63, 3.8) is 0 Å². The second-order valence-corrected chi connectivity index (χ2v) is 6.47. The lowest BCUT2D eigenvalue weighted by atomic mass is 9.96. The van der Waals surface area contributed by atoms with Crippen LogP contribution in [-0.2, 0) is 0 Å². The third-order valence-electron chi connectivity index (χ3n) is 3.83. The molecule has 1 aliphatic carbocycles. The van der Waals surface area contributed by atoms with Gasteiger partial charge in [-0.3, -0.25) is 0 Å². The molecule has 0 N–H and O–H groups in total. The first-order valence-electron chi connectivity index (χ1n) is 6.88. The third kappa shape index (κ3) is 3.72. The van der Waals surface area contributed by atoms with Gasteiger partial charge in [-0.25, -0.2) is 10.0 Å². The van der Waals surface area contributed by atoms with Gasteiger partial charge in [-0.2, -0.15) is 0 Å². The Morgan fingerprint density at radius 3 is 2.38 bits per heavy atom. The van der Waals surface area contributed by atoms with Crippen molar-refractivity contribution in [2.45, 2.75) is 44.6 Å². The summed E-state index contributed by atoms with van der Waals surface area (Å²) in [4.78, 5) is 0. The molecular weight excluding hydrogens is 198 g/mol. The molecule has 3 heteroatoms. The van der Waals surface area contributed by atoms with Gasteiger partial charge in [0.25, 0.3) is 0 Å². The van der Waals surface area contributed by atoms with Gasteiger partial charge in [-0.05, 0) is 12.8 Å². The van der Waals surface area contributed by atoms with E-state index in [9.17, 15) is 0 Å². The maximum atomic E-state index is 2.61. The highest BCUT2D eigenvalue weighted by Gasteiger charge is 2.37. The van der Waals surface area contributed by atoms with E-state index in [4.69, 9.17) is 0 Å². The summed E-state index contributed by atoms with van der Waals surface area (Å²) in [5.74, 6) is 0. The van der Waals surface area contributed by atoms with Crippen molar-refractivity contribution >= 4 is 0 Å². The lowest BCUT2D eigenvalue weighted by Crippen LogP contribution is -2.36. The van der Waals surface area contributed by atoms with Crippen molar-refractivity contribution in [3.05, 3.63) is 0 Å². The van der Waals surface area contributed by atoms with Crippen LogP contribution in [0.3, 0.4) is 0 Å². The Kier molecular flexibility index (Phi) is 3.88. The van der Waals surface area contributed by atoms with E-state index in [1.165, 1.54) is 58.3 Å². The molecule has 16 heavy (non-hydrogen) atoms. The minimum Gasteiger partial charge on any atom is -0.331 e. The highest BCUT2D eigenvalue weighted by atomic mass is 15.8. The van der Waals surface area contributed by atoms with Crippen molar-refractivity contribution in [2.75, 3.05) is 40.9 Å². The molecule has 2 aliphatic rings. The molecule has 2 unspecified atom stereocenters. The quantitative estimate of drug-likeness (QED) is 0.522. The van der Waals surface area contributed by atoms with Gasteiger partial charge in [0.1, 0.15) is 0 Å². The zero-order valence-corrected chi connectivity index (χ0v) is 11.3. The third-order valence-corrected chi connectivity index (χ3v) is 3.83. The molecule has 0 aromatic carbocycles. The molecule has 1 saturated carbocycles. The number of hydrazine groups is 1. The predicted octanol–water partition coefficient (Wildman–Crippen LogP) is 1.91. The van der Waals surface area contributed by atoms with E-state index in [1.807, 2.05) is 0 Å². The van der Waals surface area contributed by atoms with Crippen LogP contribution in [-0.4, -0.2) is 61.4 Å². The van der Waals surface area contributed by atoms with Crippen molar-refractivity contribution in [3.8, 4) is 0 Å². The van der Waals surface area contributed by atoms with Crippen LogP contribution in [0, 0.1) is 0 Å². The SMILES string of the molecule is C[N+](C)(C)CCCN1CN1C1CCCCC1. The van der Waals surface area contributed by atoms with Crippen LogP contribution in [0.1, 0.15) is 38.5 Å². The normalized spacial score (nSPS) is 31.7. The Morgan fingerprint density at radius 1 is 1.06 bits per heavy atom. The Labute approximate surface area is 101 Å². The van der Waals surface area contributed by atoms with Crippen molar-refractivity contribution in [1.29, 1.82) is 0 Å². The largest absolute Gasteiger partial charge is 0.331 e. The van der Waals surface area contributed by atoms with Crippen LogP contribution in [0.2, 0.25) is 0 Å². The molecule has 1 saturated heterocycles. The van der Waals surface area contributed by atoms with Crippen LogP contribution in [0.5, 0.6) is 0 Å². The summed E-state index contributed by atoms with van der Waals surface area (Å²) in [6.45, 7) is 3.79. The number of hydrogen-bond donors (Lipinski definition) is 0. The minimum absolute atomic E-state index is 0.887. The monoisotopic (exact) mass is 226 g/mol. The first-order chi connectivity index (χ1) is 7.56. The summed E-state index contributed by atoms with van der Waals surface area (Å²) < 4.78 is 1.09. The number of nitrogens with zero attached hydrogens (tertiary/aromatic N) is 3. The van der Waals surface area contributed by atoms with E-state index in [-0.39, 0.29) is 0 Å². The van der Waals surface area contributed by atoms with Crippen LogP contribution < -0.4 is 0 Å². The van der Waals surface area contributed by atoms with Crippen LogP contribution in [0.4, 0.5) is 0 Å². The van der Waals surface area contributed by atoms with Crippen molar-refractivity contribution in [2.24, 2.45) is 0 Å². The second-order valence-electron chi connectivity index (χ2n) is 6.47. The molecule has 0 aromatic rings. The zero-order valence-electron chi connectivity index (χ0n) is 11.3. The van der Waals surface area contributed by atoms with E-state index < -0.39 is 0 Å². The molecule has 0 aromatic heterocycles. The molecule has 0 spiro atoms. The Bertz CT molecular complexity index is 216. The molecular formula is C13H28N3+. The lowest BCUT2D eigenvalue weighted by molar-refractivity contribution is -0.870. The maximum absolute atomic E-state index is 2.61. The fraction of sp³-hybridized carbons (Fsp3) is 1.00. The van der Waals surface area contributed by atoms with E-state index in [1.54, 1.807) is 0 Å². The zero-order chi connectivity index (χ0) is 11.6. The van der Waals surface area contributed by atoms with Gasteiger partial charge in [-0.15, -0.1) is 0 Å². The molecule has 3 nitrogen and oxygen atoms in total. The van der Waals surface area contributed by atoms with E-state index in [0.29, 0.717) is 0 Å². The molecule has 2 rings (SSSR count). The first-order valence-corrected chi connectivity index (χ1v) is 6.88. The molecule has 1 aliphatic heterocycles. The molecule has 0 bridgehead atoms. The Balaban J connectivity index is 1.60. The Morgan fingerprint density at radius 2 is 1.75 bits per heavy atom. The highest BCUT2D eigenvalue weighted by molar-refractivity contribution is 4.81. The van der Waals surface area contributed by atoms with Gasteiger partial charge in [-0.1, -0.05) is 19.3 Å². The fourth-order valence-corrected chi connectivity index (χ4v) is 2.79. The van der Waals surface area contributed by atoms with Gasteiger partial charge >= 0.3 is 0 Å². The molecule has 94 valence electrons. The summed E-state index contributed by atoms with van der Waals surface area (Å²) in [6.07, 6.45) is 8.57. The average Bonchev–Trinajstić information content (AvgIpc) is 2.97. The van der Waals surface area contributed by atoms with Gasteiger partial charge in [0, 0.05) is 19.0 Å². The van der Waals surface area contributed by atoms with E-state index in [2.05, 4.69) is 31.2 Å². The van der Waals surface area contributed by atoms with Gasteiger partial charge in [0.15, 0.2) is 0 Å². The molecule has 0 radical (unpaired) electrons. The predicted molar refractivity (Wildman–Crippen MR) is 67.8 cm³/mol. The summed E-state index contributed by atoms with van der Waals surface area (Å²) >= 11 is 0. The average molecular weight is 226 g/mol. The van der Waals surface area contributed by atoms with Crippen molar-refractivity contribution < 1.29 is 4.48 Å². The number of hydrogen-bond acceptors (Lipinski definition) is 2. The van der Waals surface area contributed by atoms with Gasteiger partial charge in [0.2, 0.25) is 0 Å². The Hall–Kier alpha value is -0.120. The number of quaternary nitrogens is 1. The molecule has 2 fully saturated rings. The van der Waals surface area contributed by atoms with E-state index in [0.717, 1.165) is 10.5 Å². The van der Waals surface area contributed by atoms with Gasteiger partial charge < -0.3 is 4.48 Å². The first kappa shape index (κ1) is 12.3. The summed E-state index contributed by atoms with van der Waals surface area (Å²) in [6, 6.07) is 0.887. The van der Waals surface area contributed by atoms with Crippen LogP contribution in [0.15, 0.2) is 0 Å². The lowest BCUT2D eigenvalue weighted by Gasteiger charge is -2.25. The maximum Gasteiger partial charge on any atom is 0.0793 e. The van der Waals surface area contributed by atoms with E-state index >= 15 is 0 Å².